The fourth-order valence-corrected chi connectivity index (χ4v) is 2.01. The molecule has 0 radical (unpaired) electrons. The number of aromatic hydroxyl groups is 1. The van der Waals surface area contributed by atoms with Crippen molar-refractivity contribution < 1.29 is 9.84 Å². The molecule has 2 N–H and O–H groups in total. The highest BCUT2D eigenvalue weighted by Crippen LogP contribution is 2.16. The van der Waals surface area contributed by atoms with Crippen LogP contribution in [-0.4, -0.2) is 28.5 Å². The van der Waals surface area contributed by atoms with Crippen LogP contribution in [0.2, 0.25) is 0 Å². The first-order valence-corrected chi connectivity index (χ1v) is 7.18. The average Bonchev–Trinajstić information content (AvgIpc) is 2.49. The Kier molecular flexibility index (Phi) is 5.16. The Morgan fingerprint density at radius 2 is 2.14 bits per heavy atom. The van der Waals surface area contributed by atoms with Crippen LogP contribution in [0, 0.1) is 5.92 Å². The van der Waals surface area contributed by atoms with Gasteiger partial charge in [0.15, 0.2) is 0 Å². The molecule has 2 aromatic rings. The number of nitrogens with zero attached hydrogens (tertiary/aromatic N) is 2. The zero-order valence-corrected chi connectivity index (χ0v) is 13.0. The molecular weight excluding hydrogens is 282 g/mol. The number of hydrogen-bond acceptors (Lipinski definition) is 5. The molecule has 1 heterocycles. The van der Waals surface area contributed by atoms with E-state index in [0.717, 1.165) is 6.54 Å². The first-order valence-electron chi connectivity index (χ1n) is 7.18. The molecule has 0 aliphatic heterocycles. The van der Waals surface area contributed by atoms with Crippen molar-refractivity contribution in [2.75, 3.05) is 13.7 Å². The van der Waals surface area contributed by atoms with Gasteiger partial charge in [0, 0.05) is 18.7 Å². The fourth-order valence-electron chi connectivity index (χ4n) is 2.01. The van der Waals surface area contributed by atoms with Gasteiger partial charge in [0.05, 0.1) is 12.8 Å². The molecule has 0 saturated heterocycles. The first kappa shape index (κ1) is 16.0. The minimum Gasteiger partial charge on any atom is -0.506 e. The Morgan fingerprint density at radius 1 is 1.36 bits per heavy atom. The van der Waals surface area contributed by atoms with Gasteiger partial charge in [-0.3, -0.25) is 4.79 Å². The summed E-state index contributed by atoms with van der Waals surface area (Å²) >= 11 is 0. The predicted octanol–water partition coefficient (Wildman–Crippen LogP) is 1.69. The standard InChI is InChI=1S/C16H21N3O3/c1-11(2)9-17-10-14-15(20)8-16(21)19(18-14)12-5-4-6-13(7-12)22-3/h4-8,11,17,20H,9-10H2,1-3H3. The number of aromatic nitrogens is 2. The van der Waals surface area contributed by atoms with Crippen molar-refractivity contribution in [3.05, 3.63) is 46.4 Å². The lowest BCUT2D eigenvalue weighted by Crippen LogP contribution is -2.25. The zero-order chi connectivity index (χ0) is 16.1. The van der Waals surface area contributed by atoms with E-state index in [9.17, 15) is 9.90 Å². The van der Waals surface area contributed by atoms with E-state index in [1.54, 1.807) is 31.4 Å². The second kappa shape index (κ2) is 7.09. The zero-order valence-electron chi connectivity index (χ0n) is 13.0. The Balaban J connectivity index is 2.33. The number of nitrogens with one attached hydrogen (secondary N) is 1. The summed E-state index contributed by atoms with van der Waals surface area (Å²) in [4.78, 5) is 12.1. The van der Waals surface area contributed by atoms with Crippen LogP contribution in [0.25, 0.3) is 5.69 Å². The molecular formula is C16H21N3O3. The van der Waals surface area contributed by atoms with E-state index in [0.29, 0.717) is 29.6 Å². The van der Waals surface area contributed by atoms with Crippen LogP contribution >= 0.6 is 0 Å². The topological polar surface area (TPSA) is 76.4 Å². The summed E-state index contributed by atoms with van der Waals surface area (Å²) in [7, 11) is 1.56. The van der Waals surface area contributed by atoms with E-state index < -0.39 is 5.56 Å². The fraction of sp³-hybridized carbons (Fsp3) is 0.375. The van der Waals surface area contributed by atoms with E-state index in [-0.39, 0.29) is 5.75 Å². The third kappa shape index (κ3) is 3.85. The lowest BCUT2D eigenvalue weighted by Gasteiger charge is -2.11. The number of benzene rings is 1. The van der Waals surface area contributed by atoms with Crippen LogP contribution in [0.4, 0.5) is 0 Å². The SMILES string of the molecule is COc1cccc(-n2nc(CNCC(C)C)c(O)cc2=O)c1. The molecule has 0 fully saturated rings. The Labute approximate surface area is 129 Å². The van der Waals surface area contributed by atoms with Crippen molar-refractivity contribution >= 4 is 0 Å². The van der Waals surface area contributed by atoms with Gasteiger partial charge in [-0.2, -0.15) is 9.78 Å². The maximum atomic E-state index is 12.1. The third-order valence-corrected chi connectivity index (χ3v) is 3.13. The van der Waals surface area contributed by atoms with Gasteiger partial charge in [-0.25, -0.2) is 0 Å². The molecule has 0 bridgehead atoms. The van der Waals surface area contributed by atoms with Gasteiger partial charge in [-0.1, -0.05) is 19.9 Å². The van der Waals surface area contributed by atoms with E-state index in [4.69, 9.17) is 4.74 Å². The van der Waals surface area contributed by atoms with Gasteiger partial charge in [-0.15, -0.1) is 0 Å². The Morgan fingerprint density at radius 3 is 2.82 bits per heavy atom. The summed E-state index contributed by atoms with van der Waals surface area (Å²) in [5, 5.41) is 17.3. The molecule has 0 atom stereocenters. The van der Waals surface area contributed by atoms with Crippen molar-refractivity contribution in [2.45, 2.75) is 20.4 Å². The van der Waals surface area contributed by atoms with Crippen molar-refractivity contribution in [1.82, 2.24) is 15.1 Å². The molecule has 0 amide bonds. The lowest BCUT2D eigenvalue weighted by molar-refractivity contribution is 0.414. The summed E-state index contributed by atoms with van der Waals surface area (Å²) in [5.41, 5.74) is 0.635. The maximum Gasteiger partial charge on any atom is 0.275 e. The van der Waals surface area contributed by atoms with Gasteiger partial charge < -0.3 is 15.2 Å². The van der Waals surface area contributed by atoms with Crippen molar-refractivity contribution in [2.24, 2.45) is 5.92 Å². The predicted molar refractivity (Wildman–Crippen MR) is 84.6 cm³/mol. The maximum absolute atomic E-state index is 12.1. The summed E-state index contributed by atoms with van der Waals surface area (Å²) in [5.74, 6) is 1.03. The molecule has 0 spiro atoms. The van der Waals surface area contributed by atoms with Crippen LogP contribution in [-0.2, 0) is 6.54 Å². The highest BCUT2D eigenvalue weighted by atomic mass is 16.5. The van der Waals surface area contributed by atoms with Crippen molar-refractivity contribution in [1.29, 1.82) is 0 Å². The van der Waals surface area contributed by atoms with Gasteiger partial charge in [-0.05, 0) is 24.6 Å². The van der Waals surface area contributed by atoms with Crippen LogP contribution in [0.15, 0.2) is 35.1 Å². The van der Waals surface area contributed by atoms with Crippen LogP contribution < -0.4 is 15.6 Å². The largest absolute Gasteiger partial charge is 0.506 e. The highest BCUT2D eigenvalue weighted by molar-refractivity contribution is 5.39. The number of rotatable bonds is 6. The second-order valence-corrected chi connectivity index (χ2v) is 5.45. The normalized spacial score (nSPS) is 10.9. The van der Waals surface area contributed by atoms with E-state index in [1.807, 2.05) is 0 Å². The van der Waals surface area contributed by atoms with Crippen LogP contribution in [0.3, 0.4) is 0 Å². The molecule has 0 aliphatic rings. The summed E-state index contributed by atoms with van der Waals surface area (Å²) in [6, 6.07) is 8.24. The molecule has 22 heavy (non-hydrogen) atoms. The van der Waals surface area contributed by atoms with E-state index in [2.05, 4.69) is 24.3 Å². The molecule has 118 valence electrons. The molecule has 2 rings (SSSR count). The number of ether oxygens (including phenoxy) is 1. The molecule has 0 unspecified atom stereocenters. The minimum absolute atomic E-state index is 0.0968. The monoisotopic (exact) mass is 303 g/mol. The summed E-state index contributed by atoms with van der Waals surface area (Å²) in [6.45, 7) is 5.39. The molecule has 0 aliphatic carbocycles. The molecule has 1 aromatic carbocycles. The molecule has 6 heteroatoms. The quantitative estimate of drug-likeness (QED) is 0.849. The van der Waals surface area contributed by atoms with E-state index >= 15 is 0 Å². The van der Waals surface area contributed by atoms with Crippen molar-refractivity contribution in [3.8, 4) is 17.2 Å². The minimum atomic E-state index is -0.390. The molecule has 6 nitrogen and oxygen atoms in total. The highest BCUT2D eigenvalue weighted by Gasteiger charge is 2.10. The first-order chi connectivity index (χ1) is 10.5. The third-order valence-electron chi connectivity index (χ3n) is 3.13. The van der Waals surface area contributed by atoms with Crippen LogP contribution in [0.1, 0.15) is 19.5 Å². The second-order valence-electron chi connectivity index (χ2n) is 5.45. The Bertz CT molecular complexity index is 695. The molecule has 1 aromatic heterocycles. The lowest BCUT2D eigenvalue weighted by atomic mass is 10.2. The number of methoxy groups -OCH3 is 1. The molecule has 0 saturated carbocycles. The van der Waals surface area contributed by atoms with Gasteiger partial charge in [0.1, 0.15) is 17.2 Å². The van der Waals surface area contributed by atoms with Gasteiger partial charge in [0.2, 0.25) is 0 Å². The summed E-state index contributed by atoms with van der Waals surface area (Å²) in [6.07, 6.45) is 0. The van der Waals surface area contributed by atoms with Crippen LogP contribution in [0.5, 0.6) is 11.5 Å². The van der Waals surface area contributed by atoms with E-state index in [1.165, 1.54) is 10.7 Å². The summed E-state index contributed by atoms with van der Waals surface area (Å²) < 4.78 is 6.42. The van der Waals surface area contributed by atoms with Crippen molar-refractivity contribution in [3.63, 3.8) is 0 Å². The average molecular weight is 303 g/mol. The Hall–Kier alpha value is -2.34. The van der Waals surface area contributed by atoms with Gasteiger partial charge >= 0.3 is 0 Å². The van der Waals surface area contributed by atoms with Gasteiger partial charge in [0.25, 0.3) is 5.56 Å². The number of hydrogen-bond donors (Lipinski definition) is 2. The smallest absolute Gasteiger partial charge is 0.275 e.